The first kappa shape index (κ1) is 17.1. The minimum Gasteiger partial charge on any atom is -0.383 e. The highest BCUT2D eigenvalue weighted by Crippen LogP contribution is 2.37. The molecule has 3 aliphatic rings. The van der Waals surface area contributed by atoms with E-state index in [1.165, 1.54) is 63.5 Å². The third-order valence-corrected chi connectivity index (χ3v) is 6.04. The van der Waals surface area contributed by atoms with E-state index in [-0.39, 0.29) is 5.41 Å². The van der Waals surface area contributed by atoms with Crippen molar-refractivity contribution in [1.29, 1.82) is 0 Å². The fraction of sp³-hybridized carbons (Fsp3) is 0.810. The lowest BCUT2D eigenvalue weighted by molar-refractivity contribution is 0.246. The summed E-state index contributed by atoms with van der Waals surface area (Å²) < 4.78 is 0. The molecule has 2 atom stereocenters. The highest BCUT2D eigenvalue weighted by Gasteiger charge is 2.35. The standard InChI is InChI=1S/C21H36N2/c1-16(2)15-21(3)13-12-19(22-17-8-4-5-9-17)14-20(21)23-18-10-6-7-11-18/h12-14,16-18,20,22-23H,4-11,15H2,1-3H3. The summed E-state index contributed by atoms with van der Waals surface area (Å²) in [4.78, 5) is 0. The van der Waals surface area contributed by atoms with E-state index < -0.39 is 0 Å². The molecule has 0 aliphatic heterocycles. The molecule has 0 radical (unpaired) electrons. The molecule has 2 heteroatoms. The maximum Gasteiger partial charge on any atom is 0.0364 e. The number of rotatable bonds is 6. The second kappa shape index (κ2) is 7.42. The summed E-state index contributed by atoms with van der Waals surface area (Å²) in [6.07, 6.45) is 19.6. The van der Waals surface area contributed by atoms with Crippen molar-refractivity contribution in [2.24, 2.45) is 11.3 Å². The average molecular weight is 317 g/mol. The molecule has 0 aromatic heterocycles. The molecule has 2 nitrogen and oxygen atoms in total. The van der Waals surface area contributed by atoms with Gasteiger partial charge in [0.05, 0.1) is 0 Å². The molecular weight excluding hydrogens is 280 g/mol. The average Bonchev–Trinajstić information content (AvgIpc) is 3.15. The summed E-state index contributed by atoms with van der Waals surface area (Å²) in [5, 5.41) is 7.80. The largest absolute Gasteiger partial charge is 0.383 e. The molecule has 0 spiro atoms. The second-order valence-electron chi connectivity index (χ2n) is 8.81. The molecule has 0 bridgehead atoms. The van der Waals surface area contributed by atoms with E-state index in [1.807, 2.05) is 0 Å². The first-order chi connectivity index (χ1) is 11.0. The molecule has 0 aromatic carbocycles. The van der Waals surface area contributed by atoms with Gasteiger partial charge < -0.3 is 10.6 Å². The fourth-order valence-electron chi connectivity index (χ4n) is 4.87. The van der Waals surface area contributed by atoms with Crippen molar-refractivity contribution in [1.82, 2.24) is 10.6 Å². The molecule has 2 unspecified atom stereocenters. The van der Waals surface area contributed by atoms with Crippen LogP contribution in [-0.2, 0) is 0 Å². The van der Waals surface area contributed by atoms with Crippen LogP contribution in [0.4, 0.5) is 0 Å². The Hall–Kier alpha value is -0.760. The lowest BCUT2D eigenvalue weighted by Gasteiger charge is -2.40. The second-order valence-corrected chi connectivity index (χ2v) is 8.81. The summed E-state index contributed by atoms with van der Waals surface area (Å²) in [5.74, 6) is 0.732. The van der Waals surface area contributed by atoms with Crippen molar-refractivity contribution in [3.63, 3.8) is 0 Å². The topological polar surface area (TPSA) is 24.1 Å². The third-order valence-electron chi connectivity index (χ3n) is 6.04. The summed E-state index contributed by atoms with van der Waals surface area (Å²) >= 11 is 0. The van der Waals surface area contributed by atoms with Crippen LogP contribution in [-0.4, -0.2) is 18.1 Å². The predicted octanol–water partition coefficient (Wildman–Crippen LogP) is 4.93. The summed E-state index contributed by atoms with van der Waals surface area (Å²) in [6, 6.07) is 1.90. The van der Waals surface area contributed by atoms with Crippen LogP contribution in [0.2, 0.25) is 0 Å². The molecule has 2 fully saturated rings. The van der Waals surface area contributed by atoms with E-state index in [4.69, 9.17) is 0 Å². The summed E-state index contributed by atoms with van der Waals surface area (Å²) in [7, 11) is 0. The van der Waals surface area contributed by atoms with Crippen LogP contribution in [0, 0.1) is 11.3 Å². The number of allylic oxidation sites excluding steroid dienone is 1. The Kier molecular flexibility index (Phi) is 5.51. The number of hydrogen-bond acceptors (Lipinski definition) is 2. The van der Waals surface area contributed by atoms with Gasteiger partial charge in [-0.15, -0.1) is 0 Å². The molecule has 2 N–H and O–H groups in total. The molecule has 130 valence electrons. The van der Waals surface area contributed by atoms with Crippen LogP contribution in [0.1, 0.15) is 78.6 Å². The van der Waals surface area contributed by atoms with Crippen LogP contribution in [0.3, 0.4) is 0 Å². The molecule has 23 heavy (non-hydrogen) atoms. The van der Waals surface area contributed by atoms with Gasteiger partial charge in [0, 0.05) is 29.2 Å². The zero-order chi connectivity index (χ0) is 16.3. The van der Waals surface area contributed by atoms with Crippen molar-refractivity contribution in [2.45, 2.75) is 96.7 Å². The predicted molar refractivity (Wildman–Crippen MR) is 99.4 cm³/mol. The molecular formula is C21H36N2. The molecule has 0 heterocycles. The minimum absolute atomic E-state index is 0.248. The molecule has 0 saturated heterocycles. The summed E-state index contributed by atoms with van der Waals surface area (Å²) in [6.45, 7) is 7.14. The van der Waals surface area contributed by atoms with E-state index in [1.54, 1.807) is 0 Å². The van der Waals surface area contributed by atoms with E-state index in [2.05, 4.69) is 49.6 Å². The van der Waals surface area contributed by atoms with Gasteiger partial charge in [-0.25, -0.2) is 0 Å². The van der Waals surface area contributed by atoms with Crippen molar-refractivity contribution in [3.05, 3.63) is 23.9 Å². The fourth-order valence-corrected chi connectivity index (χ4v) is 4.87. The van der Waals surface area contributed by atoms with Gasteiger partial charge in [0.25, 0.3) is 0 Å². The van der Waals surface area contributed by atoms with Gasteiger partial charge in [-0.3, -0.25) is 0 Å². The van der Waals surface area contributed by atoms with Crippen molar-refractivity contribution < 1.29 is 0 Å². The Balaban J connectivity index is 1.71. The van der Waals surface area contributed by atoms with Crippen LogP contribution in [0.15, 0.2) is 23.9 Å². The Bertz CT molecular complexity index is 439. The smallest absolute Gasteiger partial charge is 0.0364 e. The van der Waals surface area contributed by atoms with E-state index >= 15 is 0 Å². The highest BCUT2D eigenvalue weighted by molar-refractivity contribution is 5.30. The van der Waals surface area contributed by atoms with Gasteiger partial charge in [0.15, 0.2) is 0 Å². The SMILES string of the molecule is CC(C)CC1(C)C=CC(NC2CCCC2)=CC1NC1CCCC1. The normalized spacial score (nSPS) is 32.7. The Morgan fingerprint density at radius 1 is 1.04 bits per heavy atom. The van der Waals surface area contributed by atoms with Crippen LogP contribution < -0.4 is 10.6 Å². The van der Waals surface area contributed by atoms with E-state index in [0.717, 1.165) is 12.0 Å². The van der Waals surface area contributed by atoms with E-state index in [9.17, 15) is 0 Å². The minimum atomic E-state index is 0.248. The maximum atomic E-state index is 4.00. The van der Waals surface area contributed by atoms with Crippen molar-refractivity contribution in [3.8, 4) is 0 Å². The van der Waals surface area contributed by atoms with Gasteiger partial charge in [-0.2, -0.15) is 0 Å². The lowest BCUT2D eigenvalue weighted by atomic mass is 9.72. The molecule has 3 aliphatic carbocycles. The Morgan fingerprint density at radius 3 is 2.26 bits per heavy atom. The Morgan fingerprint density at radius 2 is 1.65 bits per heavy atom. The van der Waals surface area contributed by atoms with E-state index in [0.29, 0.717) is 12.1 Å². The van der Waals surface area contributed by atoms with Crippen LogP contribution in [0.25, 0.3) is 0 Å². The Labute approximate surface area is 143 Å². The van der Waals surface area contributed by atoms with Crippen molar-refractivity contribution >= 4 is 0 Å². The monoisotopic (exact) mass is 316 g/mol. The maximum absolute atomic E-state index is 4.00. The molecule has 0 amide bonds. The zero-order valence-corrected chi connectivity index (χ0v) is 15.4. The zero-order valence-electron chi connectivity index (χ0n) is 15.4. The lowest BCUT2D eigenvalue weighted by Crippen LogP contribution is -2.48. The van der Waals surface area contributed by atoms with Gasteiger partial charge in [-0.05, 0) is 50.2 Å². The third kappa shape index (κ3) is 4.41. The van der Waals surface area contributed by atoms with Gasteiger partial charge in [-0.1, -0.05) is 52.5 Å². The highest BCUT2D eigenvalue weighted by atomic mass is 15.0. The quantitative estimate of drug-likeness (QED) is 0.726. The summed E-state index contributed by atoms with van der Waals surface area (Å²) in [5.41, 5.74) is 1.60. The van der Waals surface area contributed by atoms with Gasteiger partial charge >= 0.3 is 0 Å². The molecule has 2 saturated carbocycles. The first-order valence-corrected chi connectivity index (χ1v) is 9.99. The van der Waals surface area contributed by atoms with Gasteiger partial charge in [0.1, 0.15) is 0 Å². The van der Waals surface area contributed by atoms with Crippen molar-refractivity contribution in [2.75, 3.05) is 0 Å². The molecule has 0 aromatic rings. The number of nitrogens with one attached hydrogen (secondary N) is 2. The first-order valence-electron chi connectivity index (χ1n) is 9.99. The molecule has 3 rings (SSSR count). The van der Waals surface area contributed by atoms with Crippen LogP contribution >= 0.6 is 0 Å². The van der Waals surface area contributed by atoms with Crippen LogP contribution in [0.5, 0.6) is 0 Å². The van der Waals surface area contributed by atoms with Gasteiger partial charge in [0.2, 0.25) is 0 Å². The number of hydrogen-bond donors (Lipinski definition) is 2.